The van der Waals surface area contributed by atoms with Gasteiger partial charge in [-0.25, -0.2) is 0 Å². The van der Waals surface area contributed by atoms with Crippen molar-refractivity contribution in [2.75, 3.05) is 43.4 Å². The number of morpholine rings is 1. The van der Waals surface area contributed by atoms with Gasteiger partial charge in [0.15, 0.2) is 0 Å². The molecule has 1 fully saturated rings. The number of hydrogen-bond acceptors (Lipinski definition) is 4. The fourth-order valence-electron chi connectivity index (χ4n) is 3.16. The van der Waals surface area contributed by atoms with E-state index in [1.165, 1.54) is 0 Å². The molecule has 3 rings (SSSR count). The lowest BCUT2D eigenvalue weighted by Gasteiger charge is -2.37. The van der Waals surface area contributed by atoms with Gasteiger partial charge in [0.2, 0.25) is 5.91 Å². The quantitative estimate of drug-likeness (QED) is 0.851. The van der Waals surface area contributed by atoms with Crippen molar-refractivity contribution in [1.29, 1.82) is 0 Å². The lowest BCUT2D eigenvalue weighted by atomic mass is 10.00. The first-order chi connectivity index (χ1) is 10.2. The molecule has 5 nitrogen and oxygen atoms in total. The van der Waals surface area contributed by atoms with Crippen LogP contribution in [0.1, 0.15) is 18.9 Å². The maximum Gasteiger partial charge on any atom is 0.227 e. The molecular weight excluding hydrogens is 266 g/mol. The third-order valence-electron chi connectivity index (χ3n) is 4.36. The molecule has 1 amide bonds. The average Bonchev–Trinajstić information content (AvgIpc) is 2.50. The number of nitrogen functional groups attached to an aromatic ring is 1. The first kappa shape index (κ1) is 14.4. The van der Waals surface area contributed by atoms with Gasteiger partial charge >= 0.3 is 0 Å². The van der Waals surface area contributed by atoms with Crippen LogP contribution in [-0.4, -0.2) is 49.7 Å². The lowest BCUT2D eigenvalue weighted by molar-refractivity contribution is -0.119. The number of amides is 1. The van der Waals surface area contributed by atoms with Crippen LogP contribution in [0.5, 0.6) is 0 Å². The summed E-state index contributed by atoms with van der Waals surface area (Å²) >= 11 is 0. The van der Waals surface area contributed by atoms with E-state index in [0.29, 0.717) is 13.0 Å². The van der Waals surface area contributed by atoms with E-state index in [2.05, 4.69) is 11.8 Å². The molecule has 0 bridgehead atoms. The smallest absolute Gasteiger partial charge is 0.227 e. The minimum absolute atomic E-state index is 0.0890. The molecule has 0 spiro atoms. The molecule has 2 heterocycles. The molecular formula is C16H23N3O2. The number of benzene rings is 1. The van der Waals surface area contributed by atoms with E-state index in [9.17, 15) is 4.79 Å². The first-order valence-electron chi connectivity index (χ1n) is 7.70. The van der Waals surface area contributed by atoms with Crippen molar-refractivity contribution in [2.24, 2.45) is 0 Å². The SMILES string of the molecule is CCN1CCOC(CN2C(=O)CCc3cc(N)ccc32)C1. The van der Waals surface area contributed by atoms with Crippen LogP contribution in [-0.2, 0) is 16.0 Å². The summed E-state index contributed by atoms with van der Waals surface area (Å²) in [5.41, 5.74) is 8.77. The highest BCUT2D eigenvalue weighted by Crippen LogP contribution is 2.30. The second-order valence-electron chi connectivity index (χ2n) is 5.78. The summed E-state index contributed by atoms with van der Waals surface area (Å²) < 4.78 is 5.84. The van der Waals surface area contributed by atoms with Crippen LogP contribution >= 0.6 is 0 Å². The maximum atomic E-state index is 12.3. The zero-order valence-corrected chi connectivity index (χ0v) is 12.5. The van der Waals surface area contributed by atoms with Crippen molar-refractivity contribution in [3.63, 3.8) is 0 Å². The summed E-state index contributed by atoms with van der Waals surface area (Å²) in [6, 6.07) is 5.81. The zero-order chi connectivity index (χ0) is 14.8. The Morgan fingerprint density at radius 3 is 3.05 bits per heavy atom. The fraction of sp³-hybridized carbons (Fsp3) is 0.562. The van der Waals surface area contributed by atoms with E-state index in [1.54, 1.807) is 0 Å². The Bertz CT molecular complexity index is 532. The number of hydrogen-bond donors (Lipinski definition) is 1. The second-order valence-corrected chi connectivity index (χ2v) is 5.78. The summed E-state index contributed by atoms with van der Waals surface area (Å²) in [5.74, 6) is 0.185. The Kier molecular flexibility index (Phi) is 4.12. The molecule has 0 saturated carbocycles. The molecule has 1 unspecified atom stereocenters. The number of carbonyl (C=O) groups excluding carboxylic acids is 1. The number of nitrogens with two attached hydrogens (primary N) is 1. The number of rotatable bonds is 3. The van der Waals surface area contributed by atoms with Crippen molar-refractivity contribution in [3.05, 3.63) is 23.8 Å². The Morgan fingerprint density at radius 1 is 1.38 bits per heavy atom. The van der Waals surface area contributed by atoms with Crippen molar-refractivity contribution < 1.29 is 9.53 Å². The highest BCUT2D eigenvalue weighted by molar-refractivity contribution is 5.96. The third kappa shape index (κ3) is 3.04. The minimum atomic E-state index is 0.0890. The fourth-order valence-corrected chi connectivity index (χ4v) is 3.16. The van der Waals surface area contributed by atoms with Gasteiger partial charge in [-0.2, -0.15) is 0 Å². The predicted octanol–water partition coefficient (Wildman–Crippen LogP) is 1.27. The zero-order valence-electron chi connectivity index (χ0n) is 12.5. The van der Waals surface area contributed by atoms with Gasteiger partial charge in [-0.3, -0.25) is 9.69 Å². The van der Waals surface area contributed by atoms with Crippen LogP contribution in [0.15, 0.2) is 18.2 Å². The number of aryl methyl sites for hydroxylation is 1. The van der Waals surface area contributed by atoms with Gasteiger partial charge in [0.1, 0.15) is 0 Å². The van der Waals surface area contributed by atoms with E-state index < -0.39 is 0 Å². The summed E-state index contributed by atoms with van der Waals surface area (Å²) in [6.45, 7) is 6.44. The van der Waals surface area contributed by atoms with Crippen molar-refractivity contribution in [3.8, 4) is 0 Å². The van der Waals surface area contributed by atoms with E-state index in [1.807, 2.05) is 23.1 Å². The number of nitrogens with zero attached hydrogens (tertiary/aromatic N) is 2. The Morgan fingerprint density at radius 2 is 2.24 bits per heavy atom. The van der Waals surface area contributed by atoms with Crippen molar-refractivity contribution >= 4 is 17.3 Å². The van der Waals surface area contributed by atoms with Gasteiger partial charge in [0, 0.05) is 30.9 Å². The summed E-state index contributed by atoms with van der Waals surface area (Å²) in [4.78, 5) is 16.5. The molecule has 2 N–H and O–H groups in total. The Labute approximate surface area is 125 Å². The lowest BCUT2D eigenvalue weighted by Crippen LogP contribution is -2.49. The number of fused-ring (bicyclic) bond motifs is 1. The molecule has 0 aliphatic carbocycles. The minimum Gasteiger partial charge on any atom is -0.399 e. The highest BCUT2D eigenvalue weighted by atomic mass is 16.5. The average molecular weight is 289 g/mol. The third-order valence-corrected chi connectivity index (χ3v) is 4.36. The number of likely N-dealkylation sites (N-methyl/N-ethyl adjacent to an activating group) is 1. The summed E-state index contributed by atoms with van der Waals surface area (Å²) in [5, 5.41) is 0. The normalized spacial score (nSPS) is 23.2. The molecule has 0 aromatic heterocycles. The monoisotopic (exact) mass is 289 g/mol. The van der Waals surface area contributed by atoms with Crippen molar-refractivity contribution in [2.45, 2.75) is 25.9 Å². The van der Waals surface area contributed by atoms with E-state index in [4.69, 9.17) is 10.5 Å². The second kappa shape index (κ2) is 6.03. The van der Waals surface area contributed by atoms with Gasteiger partial charge in [-0.1, -0.05) is 6.92 Å². The topological polar surface area (TPSA) is 58.8 Å². The van der Waals surface area contributed by atoms with Gasteiger partial charge in [-0.05, 0) is 36.7 Å². The molecule has 2 aliphatic rings. The van der Waals surface area contributed by atoms with Gasteiger partial charge in [-0.15, -0.1) is 0 Å². The van der Waals surface area contributed by atoms with Crippen LogP contribution in [0.3, 0.4) is 0 Å². The largest absolute Gasteiger partial charge is 0.399 e. The number of carbonyl (C=O) groups is 1. The highest BCUT2D eigenvalue weighted by Gasteiger charge is 2.29. The standard InChI is InChI=1S/C16H23N3O2/c1-2-18-7-8-21-14(10-18)11-19-15-5-4-13(17)9-12(15)3-6-16(19)20/h4-5,9,14H,2-3,6-8,10-11,17H2,1H3. The van der Waals surface area contributed by atoms with Crippen LogP contribution < -0.4 is 10.6 Å². The molecule has 2 aliphatic heterocycles. The summed E-state index contributed by atoms with van der Waals surface area (Å²) in [7, 11) is 0. The molecule has 114 valence electrons. The van der Waals surface area contributed by atoms with Gasteiger partial charge < -0.3 is 15.4 Å². The molecule has 1 atom stereocenters. The van der Waals surface area contributed by atoms with E-state index >= 15 is 0 Å². The Balaban J connectivity index is 1.77. The molecule has 1 saturated heterocycles. The van der Waals surface area contributed by atoms with Crippen molar-refractivity contribution in [1.82, 2.24) is 4.90 Å². The first-order valence-corrected chi connectivity index (χ1v) is 7.70. The number of ether oxygens (including phenoxy) is 1. The molecule has 0 radical (unpaired) electrons. The van der Waals surface area contributed by atoms with Crippen LogP contribution in [0, 0.1) is 0 Å². The van der Waals surface area contributed by atoms with E-state index in [-0.39, 0.29) is 12.0 Å². The molecule has 21 heavy (non-hydrogen) atoms. The van der Waals surface area contributed by atoms with Crippen LogP contribution in [0.2, 0.25) is 0 Å². The molecule has 1 aromatic carbocycles. The molecule has 5 heteroatoms. The van der Waals surface area contributed by atoms with Gasteiger partial charge in [0.05, 0.1) is 19.3 Å². The van der Waals surface area contributed by atoms with Crippen LogP contribution in [0.4, 0.5) is 11.4 Å². The predicted molar refractivity (Wildman–Crippen MR) is 83.4 cm³/mol. The van der Waals surface area contributed by atoms with E-state index in [0.717, 1.165) is 49.6 Å². The molecule has 1 aromatic rings. The summed E-state index contributed by atoms with van der Waals surface area (Å²) in [6.07, 6.45) is 1.43. The van der Waals surface area contributed by atoms with Crippen LogP contribution in [0.25, 0.3) is 0 Å². The maximum absolute atomic E-state index is 12.3. The Hall–Kier alpha value is -1.59. The van der Waals surface area contributed by atoms with Gasteiger partial charge in [0.25, 0.3) is 0 Å². The number of anilines is 2.